The highest BCUT2D eigenvalue weighted by molar-refractivity contribution is 5.85. The summed E-state index contributed by atoms with van der Waals surface area (Å²) in [7, 11) is 0. The summed E-state index contributed by atoms with van der Waals surface area (Å²) >= 11 is 0. The average Bonchev–Trinajstić information content (AvgIpc) is 2.23. The zero-order valence-corrected chi connectivity index (χ0v) is 8.98. The smallest absolute Gasteiger partial charge is 0.200 e. The lowest BCUT2D eigenvalue weighted by Crippen LogP contribution is -2.17. The second-order valence-corrected chi connectivity index (χ2v) is 3.00. The maximum Gasteiger partial charge on any atom is 0.200 e. The Bertz CT molecular complexity index is 367. The molecular weight excluding hydrogens is 253 g/mol. The first kappa shape index (κ1) is 15.1. The Morgan fingerprint density at radius 3 is 1.50 bits per heavy atom. The molecule has 1 rings (SSSR count). The van der Waals surface area contributed by atoms with Gasteiger partial charge in [0.05, 0.1) is 0 Å². The molecule has 92 valence electrons. The molecule has 0 aromatic heterocycles. The van der Waals surface area contributed by atoms with Crippen LogP contribution in [0.15, 0.2) is 0 Å². The fourth-order valence-corrected chi connectivity index (χ4v) is 1.15. The van der Waals surface area contributed by atoms with Gasteiger partial charge in [-0.2, -0.15) is 0 Å². The van der Waals surface area contributed by atoms with Crippen molar-refractivity contribution in [2.75, 3.05) is 0 Å². The van der Waals surface area contributed by atoms with Crippen LogP contribution in [0.2, 0.25) is 0 Å². The van der Waals surface area contributed by atoms with Gasteiger partial charge in [-0.25, -0.2) is 22.0 Å². The molecule has 1 aromatic carbocycles. The third kappa shape index (κ3) is 2.27. The van der Waals surface area contributed by atoms with Gasteiger partial charge < -0.3 is 5.73 Å². The lowest BCUT2D eigenvalue weighted by atomic mass is 10.0. The molecule has 0 amide bonds. The summed E-state index contributed by atoms with van der Waals surface area (Å²) in [5.41, 5.74) is 4.28. The Kier molecular flexibility index (Phi) is 5.15. The van der Waals surface area contributed by atoms with E-state index in [0.29, 0.717) is 0 Å². The van der Waals surface area contributed by atoms with E-state index in [1.165, 1.54) is 6.92 Å². The van der Waals surface area contributed by atoms with E-state index in [-0.39, 0.29) is 18.8 Å². The Balaban J connectivity index is 0.00000225. The minimum Gasteiger partial charge on any atom is -0.324 e. The molecule has 2 N–H and O–H groups in total. The van der Waals surface area contributed by atoms with Crippen molar-refractivity contribution in [2.45, 2.75) is 19.4 Å². The first-order valence-electron chi connectivity index (χ1n) is 4.18. The molecule has 0 aliphatic rings. The molecule has 7 heteroatoms. The van der Waals surface area contributed by atoms with Crippen molar-refractivity contribution in [1.82, 2.24) is 0 Å². The maximum absolute atomic E-state index is 13.0. The first-order valence-corrected chi connectivity index (χ1v) is 4.18. The molecule has 1 atom stereocenters. The van der Waals surface area contributed by atoms with Crippen LogP contribution in [0, 0.1) is 29.1 Å². The Hall–Kier alpha value is -0.880. The Morgan fingerprint density at radius 1 is 0.875 bits per heavy atom. The van der Waals surface area contributed by atoms with Crippen LogP contribution in [-0.4, -0.2) is 0 Å². The predicted molar refractivity (Wildman–Crippen MR) is 50.7 cm³/mol. The molecule has 0 aliphatic heterocycles. The van der Waals surface area contributed by atoms with Gasteiger partial charge in [0.2, 0.25) is 5.82 Å². The highest BCUT2D eigenvalue weighted by Gasteiger charge is 2.27. The van der Waals surface area contributed by atoms with Crippen LogP contribution in [0.3, 0.4) is 0 Å². The van der Waals surface area contributed by atoms with Gasteiger partial charge in [-0.1, -0.05) is 6.92 Å². The van der Waals surface area contributed by atoms with Crippen LogP contribution in [0.4, 0.5) is 22.0 Å². The molecule has 1 aromatic rings. The SMILES string of the molecule is CC[C@H](N)c1c(F)c(F)c(F)c(F)c1F.Cl. The van der Waals surface area contributed by atoms with E-state index in [9.17, 15) is 22.0 Å². The summed E-state index contributed by atoms with van der Waals surface area (Å²) < 4.78 is 64.0. The number of hydrogen-bond donors (Lipinski definition) is 1. The summed E-state index contributed by atoms with van der Waals surface area (Å²) in [6.45, 7) is 1.47. The lowest BCUT2D eigenvalue weighted by molar-refractivity contribution is 0.363. The second kappa shape index (κ2) is 5.45. The molecule has 0 saturated heterocycles. The second-order valence-electron chi connectivity index (χ2n) is 3.00. The molecule has 0 saturated carbocycles. The van der Waals surface area contributed by atoms with Crippen molar-refractivity contribution in [3.63, 3.8) is 0 Å². The van der Waals surface area contributed by atoms with E-state index in [2.05, 4.69) is 0 Å². The van der Waals surface area contributed by atoms with Gasteiger partial charge in [0.15, 0.2) is 23.3 Å². The topological polar surface area (TPSA) is 26.0 Å². The minimum absolute atomic E-state index is 0. The summed E-state index contributed by atoms with van der Waals surface area (Å²) in [4.78, 5) is 0. The highest BCUT2D eigenvalue weighted by atomic mass is 35.5. The van der Waals surface area contributed by atoms with Gasteiger partial charge >= 0.3 is 0 Å². The van der Waals surface area contributed by atoms with Crippen molar-refractivity contribution in [3.05, 3.63) is 34.6 Å². The molecule has 1 nitrogen and oxygen atoms in total. The fourth-order valence-electron chi connectivity index (χ4n) is 1.15. The van der Waals surface area contributed by atoms with E-state index >= 15 is 0 Å². The summed E-state index contributed by atoms with van der Waals surface area (Å²) in [6.07, 6.45) is 0.0678. The van der Waals surface area contributed by atoms with Crippen LogP contribution in [0.1, 0.15) is 24.9 Å². The zero-order valence-electron chi connectivity index (χ0n) is 8.16. The van der Waals surface area contributed by atoms with Gasteiger partial charge in [0, 0.05) is 11.6 Å². The van der Waals surface area contributed by atoms with Crippen LogP contribution in [-0.2, 0) is 0 Å². The number of rotatable bonds is 2. The molecule has 0 heterocycles. The van der Waals surface area contributed by atoms with Crippen molar-refractivity contribution in [2.24, 2.45) is 5.73 Å². The monoisotopic (exact) mass is 261 g/mol. The van der Waals surface area contributed by atoms with E-state index in [1.807, 2.05) is 0 Å². The van der Waals surface area contributed by atoms with E-state index < -0.39 is 40.7 Å². The van der Waals surface area contributed by atoms with Gasteiger partial charge in [0.25, 0.3) is 0 Å². The normalized spacial score (nSPS) is 12.2. The first-order chi connectivity index (χ1) is 6.91. The van der Waals surface area contributed by atoms with Crippen LogP contribution < -0.4 is 5.73 Å². The highest BCUT2D eigenvalue weighted by Crippen LogP contribution is 2.27. The van der Waals surface area contributed by atoms with E-state index in [1.54, 1.807) is 0 Å². The molecule has 0 unspecified atom stereocenters. The van der Waals surface area contributed by atoms with Crippen molar-refractivity contribution >= 4 is 12.4 Å². The van der Waals surface area contributed by atoms with Crippen molar-refractivity contribution in [3.8, 4) is 0 Å². The van der Waals surface area contributed by atoms with Gasteiger partial charge in [0.1, 0.15) is 0 Å². The largest absolute Gasteiger partial charge is 0.324 e. The quantitative estimate of drug-likeness (QED) is 0.494. The van der Waals surface area contributed by atoms with Crippen LogP contribution >= 0.6 is 12.4 Å². The lowest BCUT2D eigenvalue weighted by Gasteiger charge is -2.13. The molecule has 0 fully saturated rings. The Labute approximate surface area is 94.8 Å². The summed E-state index contributed by atoms with van der Waals surface area (Å²) in [5, 5.41) is 0. The zero-order chi connectivity index (χ0) is 11.7. The molecular formula is C9H9ClF5N. The molecule has 0 spiro atoms. The molecule has 0 radical (unpaired) electrons. The maximum atomic E-state index is 13.0. The van der Waals surface area contributed by atoms with Crippen LogP contribution in [0.5, 0.6) is 0 Å². The number of hydrogen-bond acceptors (Lipinski definition) is 1. The standard InChI is InChI=1S/C9H8F5N.ClH/c1-2-3(15)4-5(10)7(12)9(14)8(13)6(4)11;/h3H,2,15H2,1H3;1H/t3-;/m0./s1. The summed E-state index contributed by atoms with van der Waals surface area (Å²) in [6, 6.07) is -1.21. The predicted octanol–water partition coefficient (Wildman–Crippen LogP) is 3.21. The van der Waals surface area contributed by atoms with Crippen LogP contribution in [0.25, 0.3) is 0 Å². The Morgan fingerprint density at radius 2 is 1.19 bits per heavy atom. The van der Waals surface area contributed by atoms with Gasteiger partial charge in [-0.15, -0.1) is 12.4 Å². The number of benzene rings is 1. The average molecular weight is 262 g/mol. The minimum atomic E-state index is -2.17. The molecule has 16 heavy (non-hydrogen) atoms. The third-order valence-corrected chi connectivity index (χ3v) is 2.05. The van der Waals surface area contributed by atoms with E-state index in [4.69, 9.17) is 5.73 Å². The number of halogens is 6. The number of nitrogens with two attached hydrogens (primary N) is 1. The fraction of sp³-hybridized carbons (Fsp3) is 0.333. The molecule has 0 bridgehead atoms. The van der Waals surface area contributed by atoms with E-state index in [0.717, 1.165) is 0 Å². The summed E-state index contributed by atoms with van der Waals surface area (Å²) in [5.74, 6) is -9.82. The third-order valence-electron chi connectivity index (χ3n) is 2.05. The van der Waals surface area contributed by atoms with Gasteiger partial charge in [-0.3, -0.25) is 0 Å². The van der Waals surface area contributed by atoms with Crippen molar-refractivity contribution < 1.29 is 22.0 Å². The van der Waals surface area contributed by atoms with Crippen molar-refractivity contribution in [1.29, 1.82) is 0 Å². The van der Waals surface area contributed by atoms with Gasteiger partial charge in [-0.05, 0) is 6.42 Å². The molecule has 0 aliphatic carbocycles.